The van der Waals surface area contributed by atoms with Crippen LogP contribution in [-0.2, 0) is 0 Å². The van der Waals surface area contributed by atoms with Gasteiger partial charge in [0.25, 0.3) is 5.70 Å². The molecule has 3 nitrogen and oxygen atoms in total. The van der Waals surface area contributed by atoms with Crippen LogP contribution in [0.2, 0.25) is 0 Å². The highest BCUT2D eigenvalue weighted by Crippen LogP contribution is 2.26. The topological polar surface area (TPSA) is 43.1 Å². The lowest BCUT2D eigenvalue weighted by molar-refractivity contribution is -0.419. The fraction of sp³-hybridized carbons (Fsp3) is 0.167. The number of hydrogen-bond donors (Lipinski definition) is 0. The summed E-state index contributed by atoms with van der Waals surface area (Å²) in [5.41, 5.74) is -0.0191. The number of allylic oxidation sites excluding steroid dienone is 3. The summed E-state index contributed by atoms with van der Waals surface area (Å²) in [5, 5.41) is 10.0. The van der Waals surface area contributed by atoms with E-state index < -0.39 is 10.3 Å². The zero-order chi connectivity index (χ0) is 8.43. The monoisotopic (exact) mass is 192 g/mol. The number of nitrogens with zero attached hydrogens (tertiary/aromatic N) is 1. The van der Waals surface area contributed by atoms with Crippen LogP contribution in [0, 0.1) is 15.5 Å². The maximum atomic E-state index is 10.2. The Morgan fingerprint density at radius 2 is 2.18 bits per heavy atom. The Hall–Kier alpha value is -0.540. The highest BCUT2D eigenvalue weighted by Gasteiger charge is 2.21. The number of hydrogen-bond acceptors (Lipinski definition) is 2. The van der Waals surface area contributed by atoms with Gasteiger partial charge in [-0.25, -0.2) is 0 Å². The highest BCUT2D eigenvalue weighted by atomic mass is 35.5. The Balaban J connectivity index is 2.80. The van der Waals surface area contributed by atoms with E-state index in [-0.39, 0.29) is 5.70 Å². The van der Waals surface area contributed by atoms with Crippen LogP contribution in [0.15, 0.2) is 23.9 Å². The lowest BCUT2D eigenvalue weighted by Gasteiger charge is -2.09. The van der Waals surface area contributed by atoms with Gasteiger partial charge in [-0.2, -0.15) is 0 Å². The second-order valence-corrected chi connectivity index (χ2v) is 2.88. The summed E-state index contributed by atoms with van der Waals surface area (Å²) in [6.07, 6.45) is 4.04. The molecular weight excluding hydrogens is 189 g/mol. The molecule has 1 aliphatic carbocycles. The molecule has 0 aliphatic heterocycles. The van der Waals surface area contributed by atoms with E-state index in [0.29, 0.717) is 5.38 Å². The molecule has 1 radical (unpaired) electrons. The molecule has 5 heteroatoms. The van der Waals surface area contributed by atoms with Crippen LogP contribution in [0.3, 0.4) is 0 Å². The molecule has 0 aromatic heterocycles. The molecule has 0 fully saturated rings. The van der Waals surface area contributed by atoms with Crippen molar-refractivity contribution in [3.63, 3.8) is 0 Å². The van der Waals surface area contributed by atoms with E-state index in [2.05, 4.69) is 0 Å². The van der Waals surface area contributed by atoms with E-state index in [4.69, 9.17) is 23.2 Å². The van der Waals surface area contributed by atoms with Gasteiger partial charge in [-0.1, -0.05) is 6.08 Å². The van der Waals surface area contributed by atoms with Crippen molar-refractivity contribution in [2.75, 3.05) is 0 Å². The van der Waals surface area contributed by atoms with E-state index in [0.717, 1.165) is 0 Å². The molecule has 0 aromatic rings. The first-order chi connectivity index (χ1) is 5.11. The average Bonchev–Trinajstić information content (AvgIpc) is 1.94. The third-order valence-electron chi connectivity index (χ3n) is 1.20. The number of halogens is 2. The van der Waals surface area contributed by atoms with Crippen LogP contribution in [0.5, 0.6) is 0 Å². The van der Waals surface area contributed by atoms with Crippen molar-refractivity contribution in [2.45, 2.75) is 5.38 Å². The Morgan fingerprint density at radius 1 is 1.55 bits per heavy atom. The Kier molecular flexibility index (Phi) is 2.52. The van der Waals surface area contributed by atoms with Gasteiger partial charge in [0.2, 0.25) is 0 Å². The molecule has 0 bridgehead atoms. The molecule has 0 aromatic carbocycles. The van der Waals surface area contributed by atoms with Crippen molar-refractivity contribution in [2.24, 2.45) is 0 Å². The van der Waals surface area contributed by atoms with Gasteiger partial charge in [0.15, 0.2) is 0 Å². The number of nitro groups is 1. The minimum atomic E-state index is -0.568. The zero-order valence-electron chi connectivity index (χ0n) is 5.33. The summed E-state index contributed by atoms with van der Waals surface area (Å²) in [4.78, 5) is 9.68. The predicted molar refractivity (Wildman–Crippen MR) is 43.0 cm³/mol. The number of rotatable bonds is 1. The van der Waals surface area contributed by atoms with Gasteiger partial charge in [0.05, 0.1) is 10.3 Å². The Labute approximate surface area is 73.4 Å². The van der Waals surface area contributed by atoms with E-state index in [1.54, 1.807) is 0 Å². The van der Waals surface area contributed by atoms with Crippen molar-refractivity contribution in [3.05, 3.63) is 39.4 Å². The maximum Gasteiger partial charge on any atom is 0.266 e. The van der Waals surface area contributed by atoms with Crippen LogP contribution >= 0.6 is 23.2 Å². The molecule has 0 saturated heterocycles. The zero-order valence-corrected chi connectivity index (χ0v) is 6.84. The molecular formula is C6H4Cl2NO2. The molecule has 0 spiro atoms. The molecule has 1 atom stereocenters. The fourth-order valence-electron chi connectivity index (χ4n) is 0.664. The molecule has 59 valence electrons. The van der Waals surface area contributed by atoms with E-state index in [1.807, 2.05) is 0 Å². The molecule has 1 rings (SSSR count). The lowest BCUT2D eigenvalue weighted by Crippen LogP contribution is -2.09. The van der Waals surface area contributed by atoms with Crippen LogP contribution in [0.25, 0.3) is 0 Å². The minimum Gasteiger partial charge on any atom is -0.258 e. The molecule has 0 N–H and O–H groups in total. The molecule has 1 aliphatic rings. The molecule has 0 amide bonds. The van der Waals surface area contributed by atoms with E-state index >= 15 is 0 Å². The standard InChI is InChI=1S/C6H4Cl2NO2/c7-5-2-1-4(9(10)11)3-6(5)8/h1-3,6H. The normalized spacial score (nSPS) is 24.9. The smallest absolute Gasteiger partial charge is 0.258 e. The second-order valence-electron chi connectivity index (χ2n) is 1.97. The van der Waals surface area contributed by atoms with E-state index in [1.165, 1.54) is 18.2 Å². The van der Waals surface area contributed by atoms with Crippen LogP contribution < -0.4 is 0 Å². The molecule has 0 heterocycles. The van der Waals surface area contributed by atoms with Gasteiger partial charge in [-0.05, 0) is 0 Å². The summed E-state index contributed by atoms with van der Waals surface area (Å²) >= 11 is 11.2. The second kappa shape index (κ2) is 3.24. The Morgan fingerprint density at radius 3 is 2.64 bits per heavy atom. The third-order valence-corrected chi connectivity index (χ3v) is 2.04. The minimum absolute atomic E-state index is 0.0191. The summed E-state index contributed by atoms with van der Waals surface area (Å²) in [6.45, 7) is 0. The summed E-state index contributed by atoms with van der Waals surface area (Å²) in [7, 11) is 0. The van der Waals surface area contributed by atoms with Gasteiger partial charge >= 0.3 is 0 Å². The van der Waals surface area contributed by atoms with Crippen molar-refractivity contribution in [1.29, 1.82) is 0 Å². The van der Waals surface area contributed by atoms with Crippen molar-refractivity contribution < 1.29 is 4.92 Å². The molecule has 1 unspecified atom stereocenters. The largest absolute Gasteiger partial charge is 0.266 e. The van der Waals surface area contributed by atoms with Gasteiger partial charge in [0.1, 0.15) is 5.38 Å². The first-order valence-electron chi connectivity index (χ1n) is 2.82. The van der Waals surface area contributed by atoms with Crippen molar-refractivity contribution >= 4 is 23.2 Å². The predicted octanol–water partition coefficient (Wildman–Crippen LogP) is 2.09. The van der Waals surface area contributed by atoms with Crippen LogP contribution in [0.4, 0.5) is 0 Å². The first kappa shape index (κ1) is 8.56. The van der Waals surface area contributed by atoms with Crippen LogP contribution in [-0.4, -0.2) is 10.3 Å². The van der Waals surface area contributed by atoms with Crippen molar-refractivity contribution in [3.8, 4) is 0 Å². The number of alkyl halides is 1. The van der Waals surface area contributed by atoms with Crippen molar-refractivity contribution in [1.82, 2.24) is 0 Å². The molecule has 11 heavy (non-hydrogen) atoms. The highest BCUT2D eigenvalue weighted by molar-refractivity contribution is 6.37. The SMILES string of the molecule is O=[N+]([O-])C1=CC(Cl)[C](Cl)C=C1. The third kappa shape index (κ3) is 1.94. The summed E-state index contributed by atoms with van der Waals surface area (Å²) in [5.74, 6) is 0. The van der Waals surface area contributed by atoms with Crippen LogP contribution in [0.1, 0.15) is 0 Å². The average molecular weight is 193 g/mol. The van der Waals surface area contributed by atoms with Gasteiger partial charge in [0, 0.05) is 12.2 Å². The first-order valence-corrected chi connectivity index (χ1v) is 3.63. The van der Waals surface area contributed by atoms with Gasteiger partial charge in [-0.15, -0.1) is 23.2 Å². The fourth-order valence-corrected chi connectivity index (χ4v) is 0.992. The molecule has 0 saturated carbocycles. The van der Waals surface area contributed by atoms with Gasteiger partial charge < -0.3 is 0 Å². The Bertz CT molecular complexity index is 237. The van der Waals surface area contributed by atoms with Gasteiger partial charge in [-0.3, -0.25) is 10.1 Å². The quantitative estimate of drug-likeness (QED) is 0.363. The maximum absolute atomic E-state index is 10.2. The summed E-state index contributed by atoms with van der Waals surface area (Å²) in [6, 6.07) is 0. The lowest BCUT2D eigenvalue weighted by atomic mass is 10.1. The van der Waals surface area contributed by atoms with E-state index in [9.17, 15) is 10.1 Å². The summed E-state index contributed by atoms with van der Waals surface area (Å²) < 4.78 is 0.